The lowest BCUT2D eigenvalue weighted by atomic mass is 10.0. The minimum Gasteiger partial charge on any atom is -0.331 e. The molecule has 1 aromatic rings. The minimum atomic E-state index is 0.104. The summed E-state index contributed by atoms with van der Waals surface area (Å²) in [6.45, 7) is 4.08. The van der Waals surface area contributed by atoms with Crippen LogP contribution in [0.4, 0.5) is 0 Å². The van der Waals surface area contributed by atoms with Crippen LogP contribution in [-0.2, 0) is 0 Å². The molecule has 2 aliphatic rings. The van der Waals surface area contributed by atoms with Gasteiger partial charge >= 0.3 is 0 Å². The lowest BCUT2D eigenvalue weighted by Crippen LogP contribution is -2.42. The van der Waals surface area contributed by atoms with E-state index in [1.54, 1.807) is 18.2 Å². The number of likely N-dealkylation sites (tertiary alicyclic amines) is 1. The molecule has 0 aliphatic carbocycles. The number of carbonyl (C=O) groups excluding carboxylic acids is 1. The molecule has 102 valence electrons. The van der Waals surface area contributed by atoms with Crippen molar-refractivity contribution in [1.82, 2.24) is 10.2 Å². The number of fused-ring (bicyclic) bond motifs is 1. The second kappa shape index (κ2) is 5.08. The topological polar surface area (TPSA) is 32.3 Å². The van der Waals surface area contributed by atoms with E-state index in [9.17, 15) is 4.79 Å². The van der Waals surface area contributed by atoms with Crippen LogP contribution in [-0.4, -0.2) is 36.0 Å². The number of hydrogen-bond donors (Lipinski definition) is 1. The molecule has 3 nitrogen and oxygen atoms in total. The van der Waals surface area contributed by atoms with Crippen LogP contribution in [0.25, 0.3) is 0 Å². The van der Waals surface area contributed by atoms with Gasteiger partial charge in [0.2, 0.25) is 0 Å². The van der Waals surface area contributed by atoms with Gasteiger partial charge in [-0.2, -0.15) is 0 Å². The van der Waals surface area contributed by atoms with Crippen molar-refractivity contribution < 1.29 is 4.79 Å². The highest BCUT2D eigenvalue weighted by molar-refractivity contribution is 9.10. The molecule has 0 saturated carbocycles. The predicted molar refractivity (Wildman–Crippen MR) is 79.5 cm³/mol. The van der Waals surface area contributed by atoms with Crippen molar-refractivity contribution in [3.05, 3.63) is 33.3 Å². The quantitative estimate of drug-likeness (QED) is 0.850. The zero-order valence-corrected chi connectivity index (χ0v) is 13.0. The van der Waals surface area contributed by atoms with E-state index in [-0.39, 0.29) is 5.91 Å². The molecule has 2 aliphatic heterocycles. The van der Waals surface area contributed by atoms with E-state index in [1.807, 2.05) is 4.90 Å². The Balaban J connectivity index is 1.90. The van der Waals surface area contributed by atoms with Gasteiger partial charge in [-0.25, -0.2) is 0 Å². The van der Waals surface area contributed by atoms with Crippen LogP contribution in [0.2, 0.25) is 5.02 Å². The van der Waals surface area contributed by atoms with Crippen LogP contribution in [0.5, 0.6) is 0 Å². The maximum Gasteiger partial charge on any atom is 0.255 e. The number of hydrogen-bond acceptors (Lipinski definition) is 2. The highest BCUT2D eigenvalue weighted by Crippen LogP contribution is 2.34. The highest BCUT2D eigenvalue weighted by atomic mass is 79.9. The standard InChI is InChI=1S/C14H16BrClN2O/c1-8-4-9-6-17-7-13(9)18(8)14(19)11-3-2-10(16)5-12(11)15/h2-3,5,8-9,13,17H,4,6-7H2,1H3. The Bertz CT molecular complexity index is 522. The van der Waals surface area contributed by atoms with E-state index in [1.165, 1.54) is 0 Å². The van der Waals surface area contributed by atoms with Crippen molar-refractivity contribution >= 4 is 33.4 Å². The van der Waals surface area contributed by atoms with Gasteiger partial charge in [0.25, 0.3) is 5.91 Å². The summed E-state index contributed by atoms with van der Waals surface area (Å²) >= 11 is 9.37. The summed E-state index contributed by atoms with van der Waals surface area (Å²) in [5.41, 5.74) is 0.698. The van der Waals surface area contributed by atoms with Gasteiger partial charge in [-0.15, -0.1) is 0 Å². The van der Waals surface area contributed by atoms with Gasteiger partial charge in [0.15, 0.2) is 0 Å². The molecule has 3 atom stereocenters. The third-order valence-electron chi connectivity index (χ3n) is 4.18. The largest absolute Gasteiger partial charge is 0.331 e. The Morgan fingerprint density at radius 1 is 1.47 bits per heavy atom. The zero-order valence-electron chi connectivity index (χ0n) is 10.7. The van der Waals surface area contributed by atoms with Crippen molar-refractivity contribution in [3.8, 4) is 0 Å². The summed E-state index contributed by atoms with van der Waals surface area (Å²) in [6.07, 6.45) is 1.09. The fourth-order valence-corrected chi connectivity index (χ4v) is 4.17. The smallest absolute Gasteiger partial charge is 0.255 e. The second-order valence-corrected chi connectivity index (χ2v) is 6.70. The van der Waals surface area contributed by atoms with E-state index in [0.29, 0.717) is 28.6 Å². The molecule has 19 heavy (non-hydrogen) atoms. The minimum absolute atomic E-state index is 0.104. The first kappa shape index (κ1) is 13.4. The number of rotatable bonds is 1. The average molecular weight is 344 g/mol. The summed E-state index contributed by atoms with van der Waals surface area (Å²) in [6, 6.07) is 6.00. The molecule has 1 amide bonds. The Labute approximate surface area is 126 Å². The Kier molecular flexibility index (Phi) is 3.58. The molecule has 2 fully saturated rings. The summed E-state index contributed by atoms with van der Waals surface area (Å²) in [7, 11) is 0. The van der Waals surface area contributed by atoms with Crippen LogP contribution in [0.15, 0.2) is 22.7 Å². The van der Waals surface area contributed by atoms with Crippen molar-refractivity contribution in [1.29, 1.82) is 0 Å². The molecular formula is C14H16BrClN2O. The molecule has 0 radical (unpaired) electrons. The first-order chi connectivity index (χ1) is 9.08. The van der Waals surface area contributed by atoms with E-state index in [2.05, 4.69) is 28.2 Å². The zero-order chi connectivity index (χ0) is 13.6. The normalized spacial score (nSPS) is 29.6. The number of carbonyl (C=O) groups is 1. The van der Waals surface area contributed by atoms with Crippen molar-refractivity contribution in [2.24, 2.45) is 5.92 Å². The maximum atomic E-state index is 12.8. The lowest BCUT2D eigenvalue weighted by Gasteiger charge is -2.28. The Morgan fingerprint density at radius 3 is 3.00 bits per heavy atom. The summed E-state index contributed by atoms with van der Waals surface area (Å²) in [4.78, 5) is 14.8. The van der Waals surface area contributed by atoms with Gasteiger partial charge in [-0.1, -0.05) is 11.6 Å². The molecule has 3 rings (SSSR count). The number of halogens is 2. The molecule has 1 aromatic carbocycles. The van der Waals surface area contributed by atoms with E-state index in [4.69, 9.17) is 11.6 Å². The van der Waals surface area contributed by atoms with E-state index >= 15 is 0 Å². The van der Waals surface area contributed by atoms with E-state index < -0.39 is 0 Å². The molecule has 1 N–H and O–H groups in total. The molecule has 2 heterocycles. The predicted octanol–water partition coefficient (Wildman–Crippen LogP) is 2.92. The van der Waals surface area contributed by atoms with Gasteiger partial charge in [0.1, 0.15) is 0 Å². The number of nitrogens with zero attached hydrogens (tertiary/aromatic N) is 1. The number of benzene rings is 1. The molecule has 2 saturated heterocycles. The summed E-state index contributed by atoms with van der Waals surface area (Å²) in [5, 5.41) is 4.02. The van der Waals surface area contributed by atoms with Crippen molar-refractivity contribution in [2.45, 2.75) is 25.4 Å². The molecule has 0 spiro atoms. The first-order valence-corrected chi connectivity index (χ1v) is 7.73. The monoisotopic (exact) mass is 342 g/mol. The van der Waals surface area contributed by atoms with Gasteiger partial charge in [-0.05, 0) is 53.4 Å². The van der Waals surface area contributed by atoms with Crippen molar-refractivity contribution in [2.75, 3.05) is 13.1 Å². The second-order valence-electron chi connectivity index (χ2n) is 5.41. The lowest BCUT2D eigenvalue weighted by molar-refractivity contribution is 0.0681. The Morgan fingerprint density at radius 2 is 2.26 bits per heavy atom. The van der Waals surface area contributed by atoms with Crippen LogP contribution in [0.3, 0.4) is 0 Å². The molecule has 0 bridgehead atoms. The Hall–Kier alpha value is -0.580. The summed E-state index contributed by atoms with van der Waals surface area (Å²) < 4.78 is 0.770. The number of nitrogens with one attached hydrogen (secondary N) is 1. The molecule has 3 unspecified atom stereocenters. The van der Waals surface area contributed by atoms with Gasteiger partial charge in [0, 0.05) is 34.7 Å². The van der Waals surface area contributed by atoms with Crippen LogP contribution < -0.4 is 5.32 Å². The van der Waals surface area contributed by atoms with Crippen molar-refractivity contribution in [3.63, 3.8) is 0 Å². The molecular weight excluding hydrogens is 328 g/mol. The average Bonchev–Trinajstić information content (AvgIpc) is 2.87. The highest BCUT2D eigenvalue weighted by Gasteiger charge is 2.44. The van der Waals surface area contributed by atoms with Crippen LogP contribution >= 0.6 is 27.5 Å². The third-order valence-corrected chi connectivity index (χ3v) is 5.07. The fraction of sp³-hybridized carbons (Fsp3) is 0.500. The van der Waals surface area contributed by atoms with Gasteiger partial charge < -0.3 is 10.2 Å². The SMILES string of the molecule is CC1CC2CNCC2N1C(=O)c1ccc(Cl)cc1Br. The first-order valence-electron chi connectivity index (χ1n) is 6.56. The maximum absolute atomic E-state index is 12.8. The van der Waals surface area contributed by atoms with Crippen LogP contribution in [0.1, 0.15) is 23.7 Å². The van der Waals surface area contributed by atoms with Crippen LogP contribution in [0, 0.1) is 5.92 Å². The van der Waals surface area contributed by atoms with Gasteiger partial charge in [-0.3, -0.25) is 4.79 Å². The summed E-state index contributed by atoms with van der Waals surface area (Å²) in [5.74, 6) is 0.706. The molecule has 5 heteroatoms. The fourth-order valence-electron chi connectivity index (χ4n) is 3.32. The van der Waals surface area contributed by atoms with Gasteiger partial charge in [0.05, 0.1) is 5.56 Å². The number of amides is 1. The van der Waals surface area contributed by atoms with E-state index in [0.717, 1.165) is 24.0 Å². The third kappa shape index (κ3) is 2.30. The molecule has 0 aromatic heterocycles.